The van der Waals surface area contributed by atoms with E-state index in [0.29, 0.717) is 11.8 Å². The fraction of sp³-hybridized carbons (Fsp3) is 0.0909. The van der Waals surface area contributed by atoms with Gasteiger partial charge >= 0.3 is 0 Å². The average Bonchev–Trinajstić information content (AvgIpc) is 2.97. The molecule has 0 unspecified atom stereocenters. The van der Waals surface area contributed by atoms with Crippen LogP contribution in [0.4, 0.5) is 5.69 Å². The zero-order valence-corrected chi connectivity index (χ0v) is 23.3. The molecule has 5 heteroatoms. The molecule has 5 rings (SSSR count). The molecule has 0 spiro atoms. The molecule has 5 aromatic carbocycles. The molecule has 0 fully saturated rings. The highest BCUT2D eigenvalue weighted by Crippen LogP contribution is 2.59. The van der Waals surface area contributed by atoms with Gasteiger partial charge in [0.2, 0.25) is 0 Å². The van der Waals surface area contributed by atoms with Gasteiger partial charge in [0.05, 0.1) is 10.6 Å². The summed E-state index contributed by atoms with van der Waals surface area (Å²) in [5.74, 6) is 0. The van der Waals surface area contributed by atoms with Gasteiger partial charge in [-0.1, -0.05) is 90.5 Å². The van der Waals surface area contributed by atoms with Crippen LogP contribution in [0.15, 0.2) is 144 Å². The fourth-order valence-electron chi connectivity index (χ4n) is 4.97. The summed E-state index contributed by atoms with van der Waals surface area (Å²) in [6.07, 6.45) is 0.689. The van der Waals surface area contributed by atoms with Crippen molar-refractivity contribution in [2.75, 3.05) is 11.4 Å². The van der Waals surface area contributed by atoms with Crippen LogP contribution in [-0.2, 0) is 16.2 Å². The van der Waals surface area contributed by atoms with Crippen molar-refractivity contribution < 1.29 is 8.42 Å². The molecule has 0 aliphatic heterocycles. The lowest BCUT2D eigenvalue weighted by Gasteiger charge is -2.30. The van der Waals surface area contributed by atoms with Gasteiger partial charge in [0.25, 0.3) is 10.0 Å². The van der Waals surface area contributed by atoms with Crippen LogP contribution < -0.4 is 20.2 Å². The molecule has 0 atom stereocenters. The van der Waals surface area contributed by atoms with Crippen LogP contribution in [0.25, 0.3) is 0 Å². The van der Waals surface area contributed by atoms with Crippen molar-refractivity contribution in [3.05, 3.63) is 151 Å². The summed E-state index contributed by atoms with van der Waals surface area (Å²) < 4.78 is 28.8. The number of aryl methyl sites for hydroxylation is 1. The van der Waals surface area contributed by atoms with E-state index in [0.717, 1.165) is 11.1 Å². The number of hydrogen-bond acceptors (Lipinski definition) is 2. The highest BCUT2D eigenvalue weighted by molar-refractivity contribution is 7.95. The second-order valence-corrected chi connectivity index (χ2v) is 14.8. The Labute approximate surface area is 226 Å². The fourth-order valence-corrected chi connectivity index (χ4v) is 10.5. The molecule has 0 N–H and O–H groups in total. The Morgan fingerprint density at radius 3 is 1.47 bits per heavy atom. The van der Waals surface area contributed by atoms with Gasteiger partial charge in [0, 0.05) is 12.6 Å². The van der Waals surface area contributed by atoms with Gasteiger partial charge < -0.3 is 0 Å². The van der Waals surface area contributed by atoms with Crippen LogP contribution in [0.3, 0.4) is 0 Å². The van der Waals surface area contributed by atoms with E-state index in [9.17, 15) is 8.42 Å². The van der Waals surface area contributed by atoms with E-state index >= 15 is 0 Å². The normalized spacial score (nSPS) is 11.7. The zero-order chi connectivity index (χ0) is 26.6. The Bertz CT molecular complexity index is 1510. The predicted octanol–water partition coefficient (Wildman–Crippen LogP) is 6.31. The minimum atomic E-state index is -3.74. The van der Waals surface area contributed by atoms with Crippen LogP contribution in [0.2, 0.25) is 0 Å². The van der Waals surface area contributed by atoms with Crippen LogP contribution in [0, 0.1) is 6.92 Å². The molecular weight excluding hydrogens is 505 g/mol. The molecule has 0 aliphatic rings. The third-order valence-electron chi connectivity index (χ3n) is 7.01. The molecule has 0 heterocycles. The van der Waals surface area contributed by atoms with E-state index in [1.807, 2.05) is 55.5 Å². The summed E-state index contributed by atoms with van der Waals surface area (Å²) >= 11 is 0. The van der Waals surface area contributed by atoms with Crippen molar-refractivity contribution >= 4 is 38.9 Å². The summed E-state index contributed by atoms with van der Waals surface area (Å²) in [4.78, 5) is 0.288. The molecular formula is C33H31NO2PS+. The van der Waals surface area contributed by atoms with Gasteiger partial charge in [0.1, 0.15) is 29.3 Å². The van der Waals surface area contributed by atoms with Crippen LogP contribution in [0.1, 0.15) is 11.1 Å². The molecule has 0 aliphatic carbocycles. The number of benzene rings is 5. The van der Waals surface area contributed by atoms with Gasteiger partial charge in [0.15, 0.2) is 0 Å². The van der Waals surface area contributed by atoms with Crippen molar-refractivity contribution in [1.82, 2.24) is 0 Å². The number of rotatable bonds is 8. The lowest BCUT2D eigenvalue weighted by atomic mass is 10.2. The number of para-hydroxylation sites is 1. The molecule has 0 radical (unpaired) electrons. The lowest BCUT2D eigenvalue weighted by Crippen LogP contribution is -2.33. The van der Waals surface area contributed by atoms with Crippen LogP contribution in [0.5, 0.6) is 0 Å². The Balaban J connectivity index is 1.70. The topological polar surface area (TPSA) is 37.4 Å². The van der Waals surface area contributed by atoms with Crippen molar-refractivity contribution in [3.8, 4) is 0 Å². The predicted molar refractivity (Wildman–Crippen MR) is 162 cm³/mol. The molecule has 0 saturated carbocycles. The SMILES string of the molecule is Cc1ccc(S(=O)(=O)N(C)c2ccccc2C[P+](c2ccccc2)(c2ccccc2)c2ccccc2)cc1. The minimum absolute atomic E-state index is 0.288. The Morgan fingerprint density at radius 1 is 0.579 bits per heavy atom. The smallest absolute Gasteiger partial charge is 0.264 e. The molecule has 0 saturated heterocycles. The van der Waals surface area contributed by atoms with Gasteiger partial charge in [-0.15, -0.1) is 0 Å². The van der Waals surface area contributed by atoms with E-state index < -0.39 is 17.3 Å². The average molecular weight is 537 g/mol. The summed E-state index contributed by atoms with van der Waals surface area (Å²) in [5, 5.41) is 3.78. The third kappa shape index (κ3) is 4.90. The first-order valence-corrected chi connectivity index (χ1v) is 16.0. The van der Waals surface area contributed by atoms with Gasteiger partial charge in [-0.05, 0) is 61.5 Å². The molecule has 0 aromatic heterocycles. The third-order valence-corrected chi connectivity index (χ3v) is 13.1. The number of hydrogen-bond donors (Lipinski definition) is 0. The van der Waals surface area contributed by atoms with E-state index in [4.69, 9.17) is 0 Å². The Hall–Kier alpha value is -3.72. The standard InChI is InChI=1S/C33H31NO2PS/c1-27-22-24-32(25-23-27)38(35,36)34(2)33-21-13-12-14-28(33)26-37(29-15-6-3-7-16-29,30-17-8-4-9-18-30)31-19-10-5-11-20-31/h3-25H,26H2,1-2H3/q+1. The first-order chi connectivity index (χ1) is 18.4. The van der Waals surface area contributed by atoms with Gasteiger partial charge in [-0.3, -0.25) is 4.31 Å². The minimum Gasteiger partial charge on any atom is -0.269 e. The maximum Gasteiger partial charge on any atom is 0.264 e. The summed E-state index contributed by atoms with van der Waals surface area (Å²) in [7, 11) is -4.27. The zero-order valence-electron chi connectivity index (χ0n) is 21.6. The van der Waals surface area contributed by atoms with E-state index in [1.165, 1.54) is 20.2 Å². The van der Waals surface area contributed by atoms with Crippen LogP contribution >= 0.6 is 7.26 Å². The summed E-state index contributed by atoms with van der Waals surface area (Å²) in [5.41, 5.74) is 2.71. The molecule has 0 amide bonds. The number of nitrogens with zero attached hydrogens (tertiary/aromatic N) is 1. The molecule has 190 valence electrons. The van der Waals surface area contributed by atoms with E-state index in [-0.39, 0.29) is 4.90 Å². The van der Waals surface area contributed by atoms with Gasteiger partial charge in [-0.25, -0.2) is 8.42 Å². The Morgan fingerprint density at radius 2 is 1.00 bits per heavy atom. The number of anilines is 1. The van der Waals surface area contributed by atoms with Gasteiger partial charge in [-0.2, -0.15) is 0 Å². The monoisotopic (exact) mass is 536 g/mol. The van der Waals surface area contributed by atoms with Crippen molar-refractivity contribution in [3.63, 3.8) is 0 Å². The molecule has 5 aromatic rings. The molecule has 3 nitrogen and oxygen atoms in total. The van der Waals surface area contributed by atoms with Crippen molar-refractivity contribution in [2.45, 2.75) is 18.0 Å². The second-order valence-electron chi connectivity index (χ2n) is 9.39. The first kappa shape index (κ1) is 25.9. The highest BCUT2D eigenvalue weighted by Gasteiger charge is 2.46. The first-order valence-electron chi connectivity index (χ1n) is 12.6. The maximum atomic E-state index is 13.7. The maximum absolute atomic E-state index is 13.7. The van der Waals surface area contributed by atoms with E-state index in [2.05, 4.69) is 78.9 Å². The molecule has 0 bridgehead atoms. The number of sulfonamides is 1. The van der Waals surface area contributed by atoms with E-state index in [1.54, 1.807) is 19.2 Å². The summed E-state index contributed by atoms with van der Waals surface area (Å²) in [6.45, 7) is 1.95. The largest absolute Gasteiger partial charge is 0.269 e. The molecule has 38 heavy (non-hydrogen) atoms. The quantitative estimate of drug-likeness (QED) is 0.218. The highest BCUT2D eigenvalue weighted by atomic mass is 32.2. The Kier molecular flexibility index (Phi) is 7.46. The van der Waals surface area contributed by atoms with Crippen molar-refractivity contribution in [1.29, 1.82) is 0 Å². The lowest BCUT2D eigenvalue weighted by molar-refractivity contribution is 0.594. The van der Waals surface area contributed by atoms with Crippen molar-refractivity contribution in [2.24, 2.45) is 0 Å². The second kappa shape index (κ2) is 10.9. The van der Waals surface area contributed by atoms with Crippen LogP contribution in [-0.4, -0.2) is 15.5 Å². The summed E-state index contributed by atoms with van der Waals surface area (Å²) in [6, 6.07) is 46.9.